The van der Waals surface area contributed by atoms with Crippen molar-refractivity contribution in [1.82, 2.24) is 29.7 Å². The largest absolute Gasteiger partial charge is 0.352 e. The van der Waals surface area contributed by atoms with Gasteiger partial charge in [0, 0.05) is 23.8 Å². The molecule has 2 aromatic heterocycles. The molecule has 118 valence electrons. The van der Waals surface area contributed by atoms with Crippen LogP contribution in [0, 0.1) is 0 Å². The SMILES string of the molecule is Cn1nnc2c(C(=O)NC3CC(Cl)CC(Cl)C3)ncn2c1=O. The van der Waals surface area contributed by atoms with Crippen LogP contribution in [0.25, 0.3) is 5.65 Å². The van der Waals surface area contributed by atoms with Crippen molar-refractivity contribution in [2.75, 3.05) is 0 Å². The molecule has 10 heteroatoms. The van der Waals surface area contributed by atoms with Crippen LogP contribution in [0.3, 0.4) is 0 Å². The molecule has 2 aromatic rings. The number of alkyl halides is 2. The molecule has 0 saturated heterocycles. The molecule has 1 N–H and O–H groups in total. The average molecular weight is 345 g/mol. The fourth-order valence-corrected chi connectivity index (χ4v) is 3.55. The number of amides is 1. The highest BCUT2D eigenvalue weighted by molar-refractivity contribution is 6.23. The molecule has 0 aliphatic heterocycles. The van der Waals surface area contributed by atoms with Crippen molar-refractivity contribution in [1.29, 1.82) is 0 Å². The van der Waals surface area contributed by atoms with E-state index >= 15 is 0 Å². The number of imidazole rings is 1. The van der Waals surface area contributed by atoms with E-state index in [4.69, 9.17) is 23.2 Å². The number of carbonyl (C=O) groups excluding carboxylic acids is 1. The number of hydrogen-bond acceptors (Lipinski definition) is 5. The van der Waals surface area contributed by atoms with Crippen LogP contribution in [0.5, 0.6) is 0 Å². The zero-order chi connectivity index (χ0) is 15.9. The van der Waals surface area contributed by atoms with E-state index in [9.17, 15) is 9.59 Å². The number of nitrogens with one attached hydrogen (secondary N) is 1. The van der Waals surface area contributed by atoms with Gasteiger partial charge in [-0.3, -0.25) is 4.79 Å². The molecule has 0 spiro atoms. The Morgan fingerprint density at radius 1 is 1.32 bits per heavy atom. The first-order valence-electron chi connectivity index (χ1n) is 6.81. The summed E-state index contributed by atoms with van der Waals surface area (Å²) < 4.78 is 2.24. The Balaban J connectivity index is 1.84. The first-order valence-corrected chi connectivity index (χ1v) is 7.69. The highest BCUT2D eigenvalue weighted by Gasteiger charge is 2.29. The molecular formula is C12H14Cl2N6O2. The fraction of sp³-hybridized carbons (Fsp3) is 0.583. The van der Waals surface area contributed by atoms with E-state index in [0.29, 0.717) is 12.8 Å². The second-order valence-electron chi connectivity index (χ2n) is 5.35. The smallest absolute Gasteiger partial charge is 0.348 e. The third kappa shape index (κ3) is 2.80. The van der Waals surface area contributed by atoms with Crippen LogP contribution in [0.1, 0.15) is 29.8 Å². The second-order valence-corrected chi connectivity index (χ2v) is 6.59. The number of aromatic nitrogens is 5. The Morgan fingerprint density at radius 3 is 2.68 bits per heavy atom. The summed E-state index contributed by atoms with van der Waals surface area (Å²) in [5, 5.41) is 10.2. The van der Waals surface area contributed by atoms with Crippen LogP contribution < -0.4 is 11.0 Å². The molecule has 0 bridgehead atoms. The standard InChI is InChI=1S/C12H14Cl2N6O2/c1-19-12(22)20-5-15-9(10(20)17-18-19)11(21)16-8-3-6(13)2-7(14)4-8/h5-8H,2-4H2,1H3,(H,16,21). The summed E-state index contributed by atoms with van der Waals surface area (Å²) >= 11 is 12.3. The molecule has 1 aliphatic rings. The minimum absolute atomic E-state index is 0.0626. The summed E-state index contributed by atoms with van der Waals surface area (Å²) in [6.07, 6.45) is 3.28. The van der Waals surface area contributed by atoms with Crippen molar-refractivity contribution >= 4 is 34.8 Å². The van der Waals surface area contributed by atoms with Gasteiger partial charge >= 0.3 is 5.69 Å². The first kappa shape index (κ1) is 15.2. The molecule has 3 rings (SSSR count). The van der Waals surface area contributed by atoms with Crippen LogP contribution in [-0.4, -0.2) is 47.1 Å². The Morgan fingerprint density at radius 2 is 2.00 bits per heavy atom. The number of carbonyl (C=O) groups is 1. The minimum atomic E-state index is -0.420. The van der Waals surface area contributed by atoms with Crippen LogP contribution in [0.2, 0.25) is 0 Å². The molecule has 0 radical (unpaired) electrons. The van der Waals surface area contributed by atoms with E-state index in [2.05, 4.69) is 20.6 Å². The third-order valence-electron chi connectivity index (χ3n) is 3.64. The van der Waals surface area contributed by atoms with Gasteiger partial charge < -0.3 is 5.32 Å². The highest BCUT2D eigenvalue weighted by Crippen LogP contribution is 2.27. The lowest BCUT2D eigenvalue weighted by atomic mass is 9.94. The summed E-state index contributed by atoms with van der Waals surface area (Å²) in [7, 11) is 1.47. The van der Waals surface area contributed by atoms with E-state index in [1.54, 1.807) is 0 Å². The van der Waals surface area contributed by atoms with E-state index in [-0.39, 0.29) is 28.1 Å². The van der Waals surface area contributed by atoms with Gasteiger partial charge in [-0.25, -0.2) is 14.2 Å². The van der Waals surface area contributed by atoms with Gasteiger partial charge in [-0.05, 0) is 19.3 Å². The molecule has 1 amide bonds. The van der Waals surface area contributed by atoms with Crippen LogP contribution in [-0.2, 0) is 7.05 Å². The topological polar surface area (TPSA) is 94.2 Å². The quantitative estimate of drug-likeness (QED) is 0.791. The number of nitrogens with zero attached hydrogens (tertiary/aromatic N) is 5. The number of hydrogen-bond donors (Lipinski definition) is 1. The lowest BCUT2D eigenvalue weighted by Crippen LogP contribution is -2.42. The Kier molecular flexibility index (Phi) is 4.05. The number of rotatable bonds is 2. The van der Waals surface area contributed by atoms with Gasteiger partial charge in [-0.2, -0.15) is 4.68 Å². The molecule has 2 unspecified atom stereocenters. The zero-order valence-corrected chi connectivity index (χ0v) is 13.3. The monoisotopic (exact) mass is 344 g/mol. The van der Waals surface area contributed by atoms with E-state index < -0.39 is 11.6 Å². The average Bonchev–Trinajstić information content (AvgIpc) is 2.86. The summed E-state index contributed by atoms with van der Waals surface area (Å²) in [6.45, 7) is 0. The maximum Gasteiger partial charge on any atom is 0.352 e. The van der Waals surface area contributed by atoms with Crippen molar-refractivity contribution in [3.63, 3.8) is 0 Å². The summed E-state index contributed by atoms with van der Waals surface area (Å²) in [5.74, 6) is -0.412. The molecule has 1 saturated carbocycles. The second kappa shape index (κ2) is 5.85. The van der Waals surface area contributed by atoms with E-state index in [1.807, 2.05) is 0 Å². The molecule has 2 atom stereocenters. The summed E-state index contributed by atoms with van der Waals surface area (Å²) in [6, 6.07) is -0.123. The Hall–Kier alpha value is -1.67. The molecule has 8 nitrogen and oxygen atoms in total. The lowest BCUT2D eigenvalue weighted by Gasteiger charge is -2.29. The molecule has 1 fully saturated rings. The lowest BCUT2D eigenvalue weighted by molar-refractivity contribution is 0.0925. The van der Waals surface area contributed by atoms with Crippen LogP contribution in [0.15, 0.2) is 11.1 Å². The molecule has 1 aliphatic carbocycles. The zero-order valence-electron chi connectivity index (χ0n) is 11.7. The van der Waals surface area contributed by atoms with Gasteiger partial charge in [-0.15, -0.1) is 28.3 Å². The Labute approximate surface area is 135 Å². The van der Waals surface area contributed by atoms with E-state index in [1.165, 1.54) is 17.8 Å². The van der Waals surface area contributed by atoms with Crippen molar-refractivity contribution in [2.45, 2.75) is 36.1 Å². The molecular weight excluding hydrogens is 331 g/mol. The van der Waals surface area contributed by atoms with Gasteiger partial charge in [0.2, 0.25) is 0 Å². The predicted octanol–water partition coefficient (Wildman–Crippen LogP) is 0.320. The van der Waals surface area contributed by atoms with Crippen molar-refractivity contribution in [2.24, 2.45) is 7.05 Å². The van der Waals surface area contributed by atoms with Crippen LogP contribution >= 0.6 is 23.2 Å². The Bertz CT molecular complexity index is 763. The van der Waals surface area contributed by atoms with Crippen molar-refractivity contribution in [3.05, 3.63) is 22.5 Å². The summed E-state index contributed by atoms with van der Waals surface area (Å²) in [5.41, 5.74) is -0.231. The summed E-state index contributed by atoms with van der Waals surface area (Å²) in [4.78, 5) is 28.2. The maximum atomic E-state index is 12.3. The molecule has 0 aromatic carbocycles. The van der Waals surface area contributed by atoms with Gasteiger partial charge in [0.25, 0.3) is 5.91 Å². The van der Waals surface area contributed by atoms with Crippen LogP contribution in [0.4, 0.5) is 0 Å². The van der Waals surface area contributed by atoms with Gasteiger partial charge in [0.05, 0.1) is 0 Å². The van der Waals surface area contributed by atoms with E-state index in [0.717, 1.165) is 11.1 Å². The number of fused-ring (bicyclic) bond motifs is 1. The molecule has 22 heavy (non-hydrogen) atoms. The van der Waals surface area contributed by atoms with Gasteiger partial charge in [0.1, 0.15) is 6.33 Å². The maximum absolute atomic E-state index is 12.3. The number of halogens is 2. The first-order chi connectivity index (χ1) is 10.5. The predicted molar refractivity (Wildman–Crippen MR) is 80.4 cm³/mol. The normalized spacial score (nSPS) is 25.3. The third-order valence-corrected chi connectivity index (χ3v) is 4.35. The van der Waals surface area contributed by atoms with Crippen molar-refractivity contribution < 1.29 is 4.79 Å². The highest BCUT2D eigenvalue weighted by atomic mass is 35.5. The van der Waals surface area contributed by atoms with Gasteiger partial charge in [-0.1, -0.05) is 5.21 Å². The minimum Gasteiger partial charge on any atom is -0.348 e. The fourth-order valence-electron chi connectivity index (χ4n) is 2.60. The molecule has 2 heterocycles. The number of aryl methyl sites for hydroxylation is 1. The van der Waals surface area contributed by atoms with Gasteiger partial charge in [0.15, 0.2) is 11.3 Å². The van der Waals surface area contributed by atoms with Crippen molar-refractivity contribution in [3.8, 4) is 0 Å².